The number of alkyl halides is 1. The summed E-state index contributed by atoms with van der Waals surface area (Å²) in [6, 6.07) is 11.9. The summed E-state index contributed by atoms with van der Waals surface area (Å²) in [4.78, 5) is 4.00. The second-order valence-corrected chi connectivity index (χ2v) is 4.96. The predicted molar refractivity (Wildman–Crippen MR) is 70.0 cm³/mol. The van der Waals surface area contributed by atoms with Crippen LogP contribution in [0.1, 0.15) is 29.3 Å². The van der Waals surface area contributed by atoms with Gasteiger partial charge in [0, 0.05) is 12.4 Å². The van der Waals surface area contributed by atoms with Gasteiger partial charge in [0.2, 0.25) is 0 Å². The molecular formula is C16H16FN. The second-order valence-electron chi connectivity index (χ2n) is 4.96. The lowest BCUT2D eigenvalue weighted by Crippen LogP contribution is -2.19. The molecule has 0 saturated carbocycles. The van der Waals surface area contributed by atoms with Crippen molar-refractivity contribution in [1.82, 2.24) is 4.98 Å². The number of rotatable bonds is 2. The maximum absolute atomic E-state index is 14.5. The van der Waals surface area contributed by atoms with Gasteiger partial charge in [-0.05, 0) is 54.0 Å². The third-order valence-corrected chi connectivity index (χ3v) is 3.80. The molecule has 1 heterocycles. The molecule has 0 bridgehead atoms. The Labute approximate surface area is 107 Å². The van der Waals surface area contributed by atoms with E-state index in [1.54, 1.807) is 12.4 Å². The molecule has 1 aromatic heterocycles. The van der Waals surface area contributed by atoms with Crippen molar-refractivity contribution in [3.8, 4) is 0 Å². The topological polar surface area (TPSA) is 12.9 Å². The fourth-order valence-corrected chi connectivity index (χ4v) is 2.80. The zero-order valence-electron chi connectivity index (χ0n) is 10.2. The lowest BCUT2D eigenvalue weighted by molar-refractivity contribution is 0.205. The summed E-state index contributed by atoms with van der Waals surface area (Å²) in [5.74, 6) is 0.0994. The van der Waals surface area contributed by atoms with Crippen LogP contribution in [-0.2, 0) is 12.8 Å². The zero-order valence-corrected chi connectivity index (χ0v) is 10.2. The molecule has 1 nitrogen and oxygen atoms in total. The molecule has 0 amide bonds. The Morgan fingerprint density at radius 2 is 1.89 bits per heavy atom. The summed E-state index contributed by atoms with van der Waals surface area (Å²) in [5, 5.41) is 0. The molecular weight excluding hydrogens is 225 g/mol. The molecule has 92 valence electrons. The van der Waals surface area contributed by atoms with Crippen molar-refractivity contribution in [2.75, 3.05) is 0 Å². The number of halogens is 1. The Morgan fingerprint density at radius 3 is 2.72 bits per heavy atom. The van der Waals surface area contributed by atoms with Crippen LogP contribution in [0.3, 0.4) is 0 Å². The predicted octanol–water partition coefficient (Wildman–Crippen LogP) is 3.90. The van der Waals surface area contributed by atoms with Crippen molar-refractivity contribution in [3.63, 3.8) is 0 Å². The lowest BCUT2D eigenvalue weighted by atomic mass is 9.79. The molecule has 2 atom stereocenters. The van der Waals surface area contributed by atoms with Crippen molar-refractivity contribution >= 4 is 0 Å². The Morgan fingerprint density at radius 1 is 1.11 bits per heavy atom. The van der Waals surface area contributed by atoms with Gasteiger partial charge in [0.1, 0.15) is 6.17 Å². The molecule has 0 saturated heterocycles. The number of nitrogens with zero attached hydrogens (tertiary/aromatic N) is 1. The molecule has 2 aromatic rings. The first-order valence-corrected chi connectivity index (χ1v) is 6.45. The smallest absolute Gasteiger partial charge is 0.129 e. The fraction of sp³-hybridized carbons (Fsp3) is 0.312. The summed E-state index contributed by atoms with van der Waals surface area (Å²) in [5.41, 5.74) is 3.25. The molecule has 0 radical (unpaired) electrons. The van der Waals surface area contributed by atoms with Crippen molar-refractivity contribution in [2.45, 2.75) is 25.4 Å². The van der Waals surface area contributed by atoms with Crippen LogP contribution in [0, 0.1) is 5.92 Å². The molecule has 0 fully saturated rings. The van der Waals surface area contributed by atoms with Crippen molar-refractivity contribution < 1.29 is 4.39 Å². The number of aromatic nitrogens is 1. The maximum atomic E-state index is 14.5. The van der Waals surface area contributed by atoms with E-state index in [4.69, 9.17) is 0 Å². The monoisotopic (exact) mass is 241 g/mol. The van der Waals surface area contributed by atoms with Crippen LogP contribution in [0.2, 0.25) is 0 Å². The molecule has 3 rings (SSSR count). The molecule has 18 heavy (non-hydrogen) atoms. The van der Waals surface area contributed by atoms with Crippen molar-refractivity contribution in [2.24, 2.45) is 5.92 Å². The number of pyridine rings is 1. The van der Waals surface area contributed by atoms with Crippen LogP contribution in [0.15, 0.2) is 48.8 Å². The normalized spacial score (nSPS) is 22.5. The first kappa shape index (κ1) is 11.4. The Kier molecular flexibility index (Phi) is 3.09. The number of hydrogen-bond acceptors (Lipinski definition) is 1. The van der Waals surface area contributed by atoms with Gasteiger partial charge in [-0.1, -0.05) is 24.3 Å². The molecule has 1 aliphatic carbocycles. The van der Waals surface area contributed by atoms with E-state index < -0.39 is 6.17 Å². The number of aryl methyl sites for hydroxylation is 1. The highest BCUT2D eigenvalue weighted by atomic mass is 19.1. The summed E-state index contributed by atoms with van der Waals surface area (Å²) >= 11 is 0. The van der Waals surface area contributed by atoms with Crippen LogP contribution in [0.25, 0.3) is 0 Å². The third kappa shape index (κ3) is 2.15. The molecule has 0 unspecified atom stereocenters. The summed E-state index contributed by atoms with van der Waals surface area (Å²) in [6.07, 6.45) is 5.45. The van der Waals surface area contributed by atoms with E-state index in [2.05, 4.69) is 4.98 Å². The SMILES string of the molecule is F[C@@H]1c2ccccc2CC[C@H]1Cc1ccncc1. The second kappa shape index (κ2) is 4.89. The van der Waals surface area contributed by atoms with Crippen LogP contribution in [0.5, 0.6) is 0 Å². The van der Waals surface area contributed by atoms with E-state index in [-0.39, 0.29) is 5.92 Å². The van der Waals surface area contributed by atoms with E-state index in [1.807, 2.05) is 36.4 Å². The number of benzene rings is 1. The van der Waals surface area contributed by atoms with E-state index in [9.17, 15) is 4.39 Å². The quantitative estimate of drug-likeness (QED) is 0.777. The third-order valence-electron chi connectivity index (χ3n) is 3.80. The minimum Gasteiger partial charge on any atom is -0.265 e. The van der Waals surface area contributed by atoms with Gasteiger partial charge in [-0.25, -0.2) is 4.39 Å². The Hall–Kier alpha value is -1.70. The van der Waals surface area contributed by atoms with Crippen LogP contribution >= 0.6 is 0 Å². The van der Waals surface area contributed by atoms with E-state index >= 15 is 0 Å². The summed E-state index contributed by atoms with van der Waals surface area (Å²) < 4.78 is 14.5. The van der Waals surface area contributed by atoms with Crippen LogP contribution in [-0.4, -0.2) is 4.98 Å². The molecule has 0 N–H and O–H groups in total. The average Bonchev–Trinajstić information content (AvgIpc) is 2.43. The molecule has 1 aromatic carbocycles. The lowest BCUT2D eigenvalue weighted by Gasteiger charge is -2.28. The van der Waals surface area contributed by atoms with Crippen LogP contribution < -0.4 is 0 Å². The van der Waals surface area contributed by atoms with Gasteiger partial charge in [-0.15, -0.1) is 0 Å². The van der Waals surface area contributed by atoms with Gasteiger partial charge < -0.3 is 0 Å². The minimum absolute atomic E-state index is 0.0994. The highest BCUT2D eigenvalue weighted by Crippen LogP contribution is 2.38. The van der Waals surface area contributed by atoms with E-state index in [1.165, 1.54) is 11.1 Å². The number of hydrogen-bond donors (Lipinski definition) is 0. The van der Waals surface area contributed by atoms with E-state index in [0.29, 0.717) is 0 Å². The highest BCUT2D eigenvalue weighted by Gasteiger charge is 2.29. The first-order chi connectivity index (χ1) is 8.84. The summed E-state index contributed by atoms with van der Waals surface area (Å²) in [6.45, 7) is 0. The van der Waals surface area contributed by atoms with Gasteiger partial charge in [0.15, 0.2) is 0 Å². The highest BCUT2D eigenvalue weighted by molar-refractivity contribution is 5.32. The molecule has 0 aliphatic heterocycles. The average molecular weight is 241 g/mol. The molecule has 1 aliphatic rings. The van der Waals surface area contributed by atoms with Gasteiger partial charge >= 0.3 is 0 Å². The van der Waals surface area contributed by atoms with Gasteiger partial charge in [-0.3, -0.25) is 4.98 Å². The van der Waals surface area contributed by atoms with Crippen molar-refractivity contribution in [3.05, 3.63) is 65.5 Å². The van der Waals surface area contributed by atoms with Gasteiger partial charge in [0.25, 0.3) is 0 Å². The maximum Gasteiger partial charge on any atom is 0.129 e. The molecule has 0 spiro atoms. The largest absolute Gasteiger partial charge is 0.265 e. The number of fused-ring (bicyclic) bond motifs is 1. The fourth-order valence-electron chi connectivity index (χ4n) is 2.80. The Balaban J connectivity index is 1.81. The van der Waals surface area contributed by atoms with Gasteiger partial charge in [0.05, 0.1) is 0 Å². The standard InChI is InChI=1S/C16H16FN/c17-16-14(11-12-7-9-18-10-8-12)6-5-13-3-1-2-4-15(13)16/h1-4,7-10,14,16H,5-6,11H2/t14-,16-/m0/s1. The first-order valence-electron chi connectivity index (χ1n) is 6.45. The minimum atomic E-state index is -0.830. The summed E-state index contributed by atoms with van der Waals surface area (Å²) in [7, 11) is 0. The molecule has 2 heteroatoms. The van der Waals surface area contributed by atoms with Gasteiger partial charge in [-0.2, -0.15) is 0 Å². The van der Waals surface area contributed by atoms with Crippen LogP contribution in [0.4, 0.5) is 4.39 Å². The Bertz CT molecular complexity index is 524. The van der Waals surface area contributed by atoms with E-state index in [0.717, 1.165) is 24.8 Å². The zero-order chi connectivity index (χ0) is 12.4. The van der Waals surface area contributed by atoms with Crippen molar-refractivity contribution in [1.29, 1.82) is 0 Å².